The van der Waals surface area contributed by atoms with Crippen LogP contribution in [0.4, 0.5) is 20.2 Å². The van der Waals surface area contributed by atoms with E-state index in [4.69, 9.17) is 5.73 Å². The molecule has 1 aliphatic rings. The predicted molar refractivity (Wildman–Crippen MR) is 72.0 cm³/mol. The molecule has 1 heterocycles. The third-order valence-corrected chi connectivity index (χ3v) is 3.49. The molecule has 2 aromatic rings. The molecule has 4 heteroatoms. The first-order valence-electron chi connectivity index (χ1n) is 6.21. The molecule has 3 rings (SSSR count). The van der Waals surface area contributed by atoms with Crippen LogP contribution in [0.5, 0.6) is 0 Å². The molecule has 0 radical (unpaired) electrons. The molecule has 0 bridgehead atoms. The van der Waals surface area contributed by atoms with Gasteiger partial charge in [-0.15, -0.1) is 0 Å². The highest BCUT2D eigenvalue weighted by Gasteiger charge is 2.22. The lowest BCUT2D eigenvalue weighted by Crippen LogP contribution is -2.31. The molecule has 0 amide bonds. The smallest absolute Gasteiger partial charge is 0.151 e. The minimum atomic E-state index is -0.600. The fraction of sp³-hybridized carbons (Fsp3) is 0.200. The zero-order valence-electron chi connectivity index (χ0n) is 10.4. The van der Waals surface area contributed by atoms with Gasteiger partial charge in [-0.3, -0.25) is 0 Å². The summed E-state index contributed by atoms with van der Waals surface area (Å²) in [4.78, 5) is 1.73. The van der Waals surface area contributed by atoms with Gasteiger partial charge in [0.1, 0.15) is 5.69 Å². The van der Waals surface area contributed by atoms with Crippen LogP contribution in [0.25, 0.3) is 0 Å². The first-order chi connectivity index (χ1) is 9.15. The van der Waals surface area contributed by atoms with Crippen LogP contribution in [0.3, 0.4) is 0 Å². The number of nitrogens with two attached hydrogens (primary N) is 1. The highest BCUT2D eigenvalue weighted by atomic mass is 19.1. The molecule has 2 N–H and O–H groups in total. The predicted octanol–water partition coefficient (Wildman–Crippen LogP) is 3.11. The van der Waals surface area contributed by atoms with Crippen LogP contribution in [0.2, 0.25) is 0 Å². The Hall–Kier alpha value is -2.10. The number of benzene rings is 2. The Balaban J connectivity index is 1.98. The van der Waals surface area contributed by atoms with E-state index in [9.17, 15) is 8.78 Å². The average Bonchev–Trinajstić information content (AvgIpc) is 2.37. The van der Waals surface area contributed by atoms with Gasteiger partial charge in [-0.1, -0.05) is 24.3 Å². The summed E-state index contributed by atoms with van der Waals surface area (Å²) in [6.07, 6.45) is 0.791. The molecular weight excluding hydrogens is 246 g/mol. The van der Waals surface area contributed by atoms with Gasteiger partial charge in [-0.05, 0) is 29.7 Å². The van der Waals surface area contributed by atoms with Crippen molar-refractivity contribution in [3.63, 3.8) is 0 Å². The molecule has 0 aromatic heterocycles. The fourth-order valence-corrected chi connectivity index (χ4v) is 2.57. The molecule has 0 saturated heterocycles. The van der Waals surface area contributed by atoms with Crippen LogP contribution in [-0.4, -0.2) is 6.54 Å². The standard InChI is InChI=1S/C15H14F2N2/c16-13-7-12(18)8-14(17)15(13)19-6-5-10-3-1-2-4-11(10)9-19/h1-4,7-8H,5-6,9,18H2. The van der Waals surface area contributed by atoms with Crippen molar-refractivity contribution in [3.05, 3.63) is 59.2 Å². The fourth-order valence-electron chi connectivity index (χ4n) is 2.57. The van der Waals surface area contributed by atoms with Gasteiger partial charge in [-0.25, -0.2) is 8.78 Å². The summed E-state index contributed by atoms with van der Waals surface area (Å²) in [5, 5.41) is 0. The lowest BCUT2D eigenvalue weighted by molar-refractivity contribution is 0.565. The Kier molecular flexibility index (Phi) is 2.85. The normalized spacial score (nSPS) is 14.3. The maximum Gasteiger partial charge on any atom is 0.151 e. The largest absolute Gasteiger partial charge is 0.399 e. The van der Waals surface area contributed by atoms with E-state index in [1.54, 1.807) is 4.90 Å². The molecule has 2 aromatic carbocycles. The third-order valence-electron chi connectivity index (χ3n) is 3.49. The van der Waals surface area contributed by atoms with Gasteiger partial charge in [0.05, 0.1) is 0 Å². The van der Waals surface area contributed by atoms with Crippen LogP contribution in [0.1, 0.15) is 11.1 Å². The number of nitrogen functional groups attached to an aromatic ring is 1. The van der Waals surface area contributed by atoms with Crippen LogP contribution >= 0.6 is 0 Å². The van der Waals surface area contributed by atoms with Gasteiger partial charge in [0.25, 0.3) is 0 Å². The van der Waals surface area contributed by atoms with Crippen molar-refractivity contribution in [2.75, 3.05) is 17.2 Å². The van der Waals surface area contributed by atoms with Crippen LogP contribution in [-0.2, 0) is 13.0 Å². The zero-order valence-corrected chi connectivity index (χ0v) is 10.4. The first kappa shape index (κ1) is 12.0. The summed E-state index contributed by atoms with van der Waals surface area (Å²) >= 11 is 0. The number of hydrogen-bond donors (Lipinski definition) is 1. The second-order valence-corrected chi connectivity index (χ2v) is 4.77. The van der Waals surface area contributed by atoms with E-state index in [0.717, 1.165) is 12.0 Å². The summed E-state index contributed by atoms with van der Waals surface area (Å²) in [7, 11) is 0. The van der Waals surface area contributed by atoms with Gasteiger partial charge in [0.15, 0.2) is 11.6 Å². The van der Waals surface area contributed by atoms with Crippen molar-refractivity contribution in [1.29, 1.82) is 0 Å². The summed E-state index contributed by atoms with van der Waals surface area (Å²) in [5.41, 5.74) is 7.92. The Morgan fingerprint density at radius 1 is 1.00 bits per heavy atom. The number of halogens is 2. The summed E-state index contributed by atoms with van der Waals surface area (Å²) in [5.74, 6) is -1.20. The Bertz CT molecular complexity index is 602. The monoisotopic (exact) mass is 260 g/mol. The number of rotatable bonds is 1. The summed E-state index contributed by atoms with van der Waals surface area (Å²) in [6.45, 7) is 1.13. The van der Waals surface area contributed by atoms with Gasteiger partial charge < -0.3 is 10.6 Å². The SMILES string of the molecule is Nc1cc(F)c(N2CCc3ccccc3C2)c(F)c1. The van der Waals surface area contributed by atoms with E-state index >= 15 is 0 Å². The number of anilines is 2. The van der Waals surface area contributed by atoms with E-state index in [1.807, 2.05) is 18.2 Å². The Morgan fingerprint density at radius 2 is 1.63 bits per heavy atom. The molecule has 0 spiro atoms. The van der Waals surface area contributed by atoms with Gasteiger partial charge >= 0.3 is 0 Å². The van der Waals surface area contributed by atoms with Crippen molar-refractivity contribution >= 4 is 11.4 Å². The molecule has 0 atom stereocenters. The molecular formula is C15H14F2N2. The molecule has 98 valence electrons. The highest BCUT2D eigenvalue weighted by molar-refractivity contribution is 5.57. The summed E-state index contributed by atoms with van der Waals surface area (Å²) < 4.78 is 27.8. The topological polar surface area (TPSA) is 29.3 Å². The first-order valence-corrected chi connectivity index (χ1v) is 6.21. The Labute approximate surface area is 110 Å². The highest BCUT2D eigenvalue weighted by Crippen LogP contribution is 2.30. The Morgan fingerprint density at radius 3 is 2.32 bits per heavy atom. The van der Waals surface area contributed by atoms with Crippen LogP contribution in [0.15, 0.2) is 36.4 Å². The molecule has 19 heavy (non-hydrogen) atoms. The van der Waals surface area contributed by atoms with Crippen molar-refractivity contribution in [3.8, 4) is 0 Å². The van der Waals surface area contributed by atoms with Crippen molar-refractivity contribution < 1.29 is 8.78 Å². The quantitative estimate of drug-likeness (QED) is 0.798. The van der Waals surface area contributed by atoms with E-state index in [2.05, 4.69) is 6.07 Å². The van der Waals surface area contributed by atoms with Crippen LogP contribution in [0, 0.1) is 11.6 Å². The maximum atomic E-state index is 13.9. The van der Waals surface area contributed by atoms with Gasteiger partial charge in [0.2, 0.25) is 0 Å². The second kappa shape index (κ2) is 4.53. The van der Waals surface area contributed by atoms with E-state index < -0.39 is 11.6 Å². The molecule has 2 nitrogen and oxygen atoms in total. The molecule has 0 aliphatic carbocycles. The van der Waals surface area contributed by atoms with Crippen molar-refractivity contribution in [1.82, 2.24) is 0 Å². The molecule has 0 saturated carbocycles. The van der Waals surface area contributed by atoms with E-state index in [0.29, 0.717) is 13.1 Å². The lowest BCUT2D eigenvalue weighted by Gasteiger charge is -2.31. The second-order valence-electron chi connectivity index (χ2n) is 4.77. The van der Waals surface area contributed by atoms with E-state index in [1.165, 1.54) is 17.7 Å². The van der Waals surface area contributed by atoms with Crippen molar-refractivity contribution in [2.24, 2.45) is 0 Å². The van der Waals surface area contributed by atoms with E-state index in [-0.39, 0.29) is 11.4 Å². The number of fused-ring (bicyclic) bond motifs is 1. The summed E-state index contributed by atoms with van der Waals surface area (Å²) in [6, 6.07) is 10.3. The minimum Gasteiger partial charge on any atom is -0.399 e. The zero-order chi connectivity index (χ0) is 13.4. The number of hydrogen-bond acceptors (Lipinski definition) is 2. The average molecular weight is 260 g/mol. The van der Waals surface area contributed by atoms with Gasteiger partial charge in [0, 0.05) is 18.8 Å². The molecule has 0 fully saturated rings. The van der Waals surface area contributed by atoms with Crippen LogP contribution < -0.4 is 10.6 Å². The molecule has 1 aliphatic heterocycles. The number of nitrogens with zero attached hydrogens (tertiary/aromatic N) is 1. The third kappa shape index (κ3) is 2.14. The van der Waals surface area contributed by atoms with Crippen molar-refractivity contribution in [2.45, 2.75) is 13.0 Å². The maximum absolute atomic E-state index is 13.9. The minimum absolute atomic E-state index is 0.0173. The lowest BCUT2D eigenvalue weighted by atomic mass is 9.99. The van der Waals surface area contributed by atoms with Gasteiger partial charge in [-0.2, -0.15) is 0 Å². The molecule has 0 unspecified atom stereocenters.